The number of hydrogen-bond acceptors (Lipinski definition) is 3. The lowest BCUT2D eigenvalue weighted by Crippen LogP contribution is -1.96. The molecule has 2 aromatic rings. The molecule has 0 atom stereocenters. The van der Waals surface area contributed by atoms with Crippen LogP contribution < -0.4 is 4.74 Å². The lowest BCUT2D eigenvalue weighted by atomic mass is 10.1. The highest BCUT2D eigenvalue weighted by molar-refractivity contribution is 6.06. The van der Waals surface area contributed by atoms with Crippen LogP contribution in [0.4, 0.5) is 0 Å². The van der Waals surface area contributed by atoms with Crippen LogP contribution >= 0.6 is 0 Å². The predicted molar refractivity (Wildman–Crippen MR) is 86.7 cm³/mol. The summed E-state index contributed by atoms with van der Waals surface area (Å²) in [6.45, 7) is 2.11. The summed E-state index contributed by atoms with van der Waals surface area (Å²) in [5.74, 6) is 0.517. The van der Waals surface area contributed by atoms with Crippen LogP contribution in [0.3, 0.4) is 0 Å². The van der Waals surface area contributed by atoms with E-state index in [1.165, 1.54) is 5.56 Å². The van der Waals surface area contributed by atoms with Gasteiger partial charge in [-0.3, -0.25) is 4.79 Å². The maximum atomic E-state index is 12.1. The Kier molecular flexibility index (Phi) is 5.50. The molecule has 0 aromatic heterocycles. The molecule has 0 heterocycles. The molecule has 3 heteroatoms. The smallest absolute Gasteiger partial charge is 0.185 e. The number of carbonyl (C=O) groups excluding carboxylic acids is 1. The van der Waals surface area contributed by atoms with Crippen molar-refractivity contribution in [3.8, 4) is 11.8 Å². The zero-order chi connectivity index (χ0) is 15.8. The first-order chi connectivity index (χ1) is 10.7. The molecule has 0 bridgehead atoms. The fourth-order valence-corrected chi connectivity index (χ4v) is 1.96. The summed E-state index contributed by atoms with van der Waals surface area (Å²) in [4.78, 5) is 12.1. The minimum atomic E-state index is -0.0635. The van der Waals surface area contributed by atoms with Gasteiger partial charge in [0.25, 0.3) is 0 Å². The molecule has 0 spiro atoms. The molecule has 0 aliphatic heterocycles. The number of aryl methyl sites for hydroxylation is 1. The Labute approximate surface area is 130 Å². The van der Waals surface area contributed by atoms with Crippen molar-refractivity contribution < 1.29 is 9.53 Å². The standard InChI is InChI=1S/C19H17NO2/c1-2-15-3-5-16(6-4-15)7-12-19(21)17-8-10-18(11-9-17)22-14-13-20/h3-12H,2,14H2,1H3/b12-7+. The fourth-order valence-electron chi connectivity index (χ4n) is 1.96. The van der Waals surface area contributed by atoms with Crippen LogP contribution in [-0.2, 0) is 6.42 Å². The van der Waals surface area contributed by atoms with Gasteiger partial charge >= 0.3 is 0 Å². The third kappa shape index (κ3) is 4.32. The molecule has 3 nitrogen and oxygen atoms in total. The maximum absolute atomic E-state index is 12.1. The monoisotopic (exact) mass is 291 g/mol. The zero-order valence-corrected chi connectivity index (χ0v) is 12.5. The third-order valence-corrected chi connectivity index (χ3v) is 3.26. The lowest BCUT2D eigenvalue weighted by molar-refractivity contribution is 0.104. The molecule has 0 saturated heterocycles. The Balaban J connectivity index is 2.01. The van der Waals surface area contributed by atoms with E-state index in [0.29, 0.717) is 11.3 Å². The van der Waals surface area contributed by atoms with E-state index in [0.717, 1.165) is 12.0 Å². The summed E-state index contributed by atoms with van der Waals surface area (Å²) in [5.41, 5.74) is 2.86. The minimum absolute atomic E-state index is 0.000944. The van der Waals surface area contributed by atoms with Gasteiger partial charge in [0.2, 0.25) is 0 Å². The molecule has 0 fully saturated rings. The van der Waals surface area contributed by atoms with Crippen LogP contribution in [0, 0.1) is 11.3 Å². The molecule has 110 valence electrons. The number of nitrogens with zero attached hydrogens (tertiary/aromatic N) is 1. The number of nitriles is 1. The van der Waals surface area contributed by atoms with Gasteiger partial charge in [-0.2, -0.15) is 5.26 Å². The zero-order valence-electron chi connectivity index (χ0n) is 12.5. The summed E-state index contributed by atoms with van der Waals surface area (Å²) < 4.78 is 5.15. The summed E-state index contributed by atoms with van der Waals surface area (Å²) in [5, 5.41) is 8.44. The second-order valence-corrected chi connectivity index (χ2v) is 4.76. The Morgan fingerprint density at radius 2 is 1.82 bits per heavy atom. The predicted octanol–water partition coefficient (Wildman–Crippen LogP) is 4.05. The van der Waals surface area contributed by atoms with Crippen LogP contribution in [0.15, 0.2) is 54.6 Å². The van der Waals surface area contributed by atoms with E-state index in [2.05, 4.69) is 19.1 Å². The third-order valence-electron chi connectivity index (χ3n) is 3.26. The number of carbonyl (C=O) groups is 1. The van der Waals surface area contributed by atoms with E-state index >= 15 is 0 Å². The van der Waals surface area contributed by atoms with Crippen molar-refractivity contribution in [1.29, 1.82) is 5.26 Å². The average Bonchev–Trinajstić information content (AvgIpc) is 2.58. The molecule has 0 amide bonds. The molecule has 22 heavy (non-hydrogen) atoms. The van der Waals surface area contributed by atoms with Gasteiger partial charge in [-0.15, -0.1) is 0 Å². The van der Waals surface area contributed by atoms with Gasteiger partial charge in [0.15, 0.2) is 12.4 Å². The summed E-state index contributed by atoms with van der Waals surface area (Å²) in [6.07, 6.45) is 4.37. The molecule has 0 saturated carbocycles. The lowest BCUT2D eigenvalue weighted by Gasteiger charge is -2.02. The van der Waals surface area contributed by atoms with Gasteiger partial charge in [-0.25, -0.2) is 0 Å². The number of allylic oxidation sites excluding steroid dienone is 1. The van der Waals surface area contributed by atoms with Crippen molar-refractivity contribution in [2.75, 3.05) is 6.61 Å². The van der Waals surface area contributed by atoms with Gasteiger partial charge in [-0.05, 0) is 47.9 Å². The van der Waals surface area contributed by atoms with Gasteiger partial charge in [0, 0.05) is 5.56 Å². The number of ether oxygens (including phenoxy) is 1. The van der Waals surface area contributed by atoms with Crippen LogP contribution in [-0.4, -0.2) is 12.4 Å². The molecule has 2 aromatic carbocycles. The van der Waals surface area contributed by atoms with Crippen LogP contribution in [0.2, 0.25) is 0 Å². The largest absolute Gasteiger partial charge is 0.479 e. The van der Waals surface area contributed by atoms with E-state index in [1.54, 1.807) is 30.3 Å². The second-order valence-electron chi connectivity index (χ2n) is 4.76. The molecule has 2 rings (SSSR count). The Morgan fingerprint density at radius 3 is 2.41 bits per heavy atom. The van der Waals surface area contributed by atoms with E-state index in [1.807, 2.05) is 24.3 Å². The quantitative estimate of drug-likeness (QED) is 0.596. The van der Waals surface area contributed by atoms with E-state index in [4.69, 9.17) is 10.00 Å². The first kappa shape index (κ1) is 15.5. The van der Waals surface area contributed by atoms with E-state index in [-0.39, 0.29) is 12.4 Å². The Morgan fingerprint density at radius 1 is 1.14 bits per heavy atom. The van der Waals surface area contributed by atoms with Gasteiger partial charge < -0.3 is 4.74 Å². The molecule has 0 N–H and O–H groups in total. The first-order valence-corrected chi connectivity index (χ1v) is 7.14. The SMILES string of the molecule is CCc1ccc(/C=C/C(=O)c2ccc(OCC#N)cc2)cc1. The van der Waals surface area contributed by atoms with Gasteiger partial charge in [0.1, 0.15) is 11.8 Å². The molecule has 0 aliphatic carbocycles. The van der Waals surface area contributed by atoms with Crippen molar-refractivity contribution in [3.05, 3.63) is 71.3 Å². The molecule has 0 radical (unpaired) electrons. The van der Waals surface area contributed by atoms with Crippen molar-refractivity contribution in [1.82, 2.24) is 0 Å². The first-order valence-electron chi connectivity index (χ1n) is 7.14. The number of hydrogen-bond donors (Lipinski definition) is 0. The maximum Gasteiger partial charge on any atom is 0.185 e. The van der Waals surface area contributed by atoms with Gasteiger partial charge in [-0.1, -0.05) is 37.3 Å². The summed E-state index contributed by atoms with van der Waals surface area (Å²) in [7, 11) is 0. The molecular formula is C19H17NO2. The molecule has 0 aliphatic rings. The Hall–Kier alpha value is -2.86. The van der Waals surface area contributed by atoms with Crippen molar-refractivity contribution in [2.45, 2.75) is 13.3 Å². The average molecular weight is 291 g/mol. The van der Waals surface area contributed by atoms with E-state index < -0.39 is 0 Å². The van der Waals surface area contributed by atoms with Crippen LogP contribution in [0.5, 0.6) is 5.75 Å². The number of ketones is 1. The number of benzene rings is 2. The second kappa shape index (κ2) is 7.80. The normalized spacial score (nSPS) is 10.4. The van der Waals surface area contributed by atoms with Crippen molar-refractivity contribution >= 4 is 11.9 Å². The Bertz CT molecular complexity index is 692. The highest BCUT2D eigenvalue weighted by Crippen LogP contribution is 2.13. The topological polar surface area (TPSA) is 50.1 Å². The van der Waals surface area contributed by atoms with Crippen molar-refractivity contribution in [2.24, 2.45) is 0 Å². The van der Waals surface area contributed by atoms with E-state index in [9.17, 15) is 4.79 Å². The highest BCUT2D eigenvalue weighted by Gasteiger charge is 2.02. The minimum Gasteiger partial charge on any atom is -0.479 e. The molecular weight excluding hydrogens is 274 g/mol. The van der Waals surface area contributed by atoms with Gasteiger partial charge in [0.05, 0.1) is 0 Å². The highest BCUT2D eigenvalue weighted by atomic mass is 16.5. The molecule has 0 unspecified atom stereocenters. The number of rotatable bonds is 6. The van der Waals surface area contributed by atoms with Crippen LogP contribution in [0.1, 0.15) is 28.4 Å². The van der Waals surface area contributed by atoms with Crippen molar-refractivity contribution in [3.63, 3.8) is 0 Å². The fraction of sp³-hybridized carbons (Fsp3) is 0.158. The summed E-state index contributed by atoms with van der Waals surface area (Å²) >= 11 is 0. The van der Waals surface area contributed by atoms with Crippen LogP contribution in [0.25, 0.3) is 6.08 Å². The summed E-state index contributed by atoms with van der Waals surface area (Å²) in [6, 6.07) is 16.8.